The van der Waals surface area contributed by atoms with E-state index in [1.165, 1.54) is 0 Å². The Morgan fingerprint density at radius 3 is 1.53 bits per heavy atom. The van der Waals surface area contributed by atoms with Crippen molar-refractivity contribution in [2.75, 3.05) is 0 Å². The number of hydrogen-bond donors (Lipinski definition) is 0. The van der Waals surface area contributed by atoms with E-state index in [-0.39, 0.29) is 0 Å². The maximum absolute atomic E-state index is 11.9. The lowest BCUT2D eigenvalue weighted by Crippen LogP contribution is -2.44. The summed E-state index contributed by atoms with van der Waals surface area (Å²) < 4.78 is 106. The third-order valence-corrected chi connectivity index (χ3v) is 0.871. The molecule has 90 valence electrons. The van der Waals surface area contributed by atoms with Crippen LogP contribution in [0.5, 0.6) is 0 Å². The van der Waals surface area contributed by atoms with E-state index in [9.17, 15) is 39.5 Å². The fourth-order valence-corrected chi connectivity index (χ4v) is 0.385. The molecule has 0 heterocycles. The average Bonchev–Trinajstić information content (AvgIpc) is 1.75. The van der Waals surface area contributed by atoms with Gasteiger partial charge in [0.2, 0.25) is 0 Å². The Hall–Kier alpha value is -0.930. The van der Waals surface area contributed by atoms with Crippen molar-refractivity contribution >= 4 is 0 Å². The van der Waals surface area contributed by atoms with Crippen molar-refractivity contribution < 1.29 is 44.3 Å². The molecule has 0 saturated carbocycles. The van der Waals surface area contributed by atoms with Crippen LogP contribution in [-0.4, -0.2) is 18.4 Å². The standard InChI is InChI=1S/C5HF9O/c6-2(7)1-3(8,9)15-5(13,14)4(10,11)12/h1H. The molecule has 0 atom stereocenters. The summed E-state index contributed by atoms with van der Waals surface area (Å²) in [5.41, 5.74) is 0. The predicted octanol–water partition coefficient (Wildman–Crippen LogP) is 3.53. The van der Waals surface area contributed by atoms with Crippen LogP contribution in [-0.2, 0) is 4.74 Å². The molecule has 0 spiro atoms. The molecule has 0 bridgehead atoms. The highest BCUT2D eigenvalue weighted by atomic mass is 19.4. The molecule has 0 unspecified atom stereocenters. The number of rotatable bonds is 3. The van der Waals surface area contributed by atoms with Gasteiger partial charge in [-0.05, 0) is 0 Å². The van der Waals surface area contributed by atoms with Gasteiger partial charge in [-0.1, -0.05) is 0 Å². The lowest BCUT2D eigenvalue weighted by Gasteiger charge is -2.22. The molecule has 0 aliphatic carbocycles. The Labute approximate surface area is 76.1 Å². The zero-order valence-corrected chi connectivity index (χ0v) is 6.39. The number of hydrogen-bond acceptors (Lipinski definition) is 1. The van der Waals surface area contributed by atoms with Gasteiger partial charge >= 0.3 is 18.4 Å². The van der Waals surface area contributed by atoms with Gasteiger partial charge in [0.1, 0.15) is 0 Å². The second-order valence-corrected chi connectivity index (χ2v) is 2.11. The largest absolute Gasteiger partial charge is 0.483 e. The summed E-state index contributed by atoms with van der Waals surface area (Å²) in [6.45, 7) is 0. The monoisotopic (exact) mass is 248 g/mol. The zero-order chi connectivity index (χ0) is 12.5. The highest BCUT2D eigenvalue weighted by Crippen LogP contribution is 2.40. The maximum atomic E-state index is 11.9. The van der Waals surface area contributed by atoms with Gasteiger partial charge in [0.25, 0.3) is 6.08 Å². The van der Waals surface area contributed by atoms with E-state index >= 15 is 0 Å². The molecule has 0 aliphatic rings. The summed E-state index contributed by atoms with van der Waals surface area (Å²) in [5.74, 6) is 0. The molecule has 0 aromatic heterocycles. The topological polar surface area (TPSA) is 9.23 Å². The van der Waals surface area contributed by atoms with Crippen molar-refractivity contribution in [3.63, 3.8) is 0 Å². The summed E-state index contributed by atoms with van der Waals surface area (Å²) in [6.07, 6.45) is -22.7. The van der Waals surface area contributed by atoms with Gasteiger partial charge in [-0.3, -0.25) is 0 Å². The molecule has 10 heteroatoms. The average molecular weight is 248 g/mol. The van der Waals surface area contributed by atoms with Gasteiger partial charge in [-0.2, -0.15) is 39.5 Å². The molecule has 15 heavy (non-hydrogen) atoms. The molecule has 0 fully saturated rings. The van der Waals surface area contributed by atoms with Gasteiger partial charge in [0.05, 0.1) is 6.08 Å². The minimum Gasteiger partial charge on any atom is -0.244 e. The molecule has 0 N–H and O–H groups in total. The van der Waals surface area contributed by atoms with Crippen molar-refractivity contribution in [2.24, 2.45) is 0 Å². The van der Waals surface area contributed by atoms with Crippen LogP contribution < -0.4 is 0 Å². The minimum atomic E-state index is -6.42. The summed E-state index contributed by atoms with van der Waals surface area (Å²) >= 11 is 0. The highest BCUT2D eigenvalue weighted by Gasteiger charge is 2.63. The van der Waals surface area contributed by atoms with Crippen LogP contribution in [0.1, 0.15) is 0 Å². The maximum Gasteiger partial charge on any atom is 0.483 e. The van der Waals surface area contributed by atoms with E-state index in [4.69, 9.17) is 0 Å². The van der Waals surface area contributed by atoms with Crippen LogP contribution in [0.25, 0.3) is 0 Å². The lowest BCUT2D eigenvalue weighted by molar-refractivity contribution is -0.445. The molecule has 0 saturated heterocycles. The lowest BCUT2D eigenvalue weighted by atomic mass is 10.5. The molecule has 0 amide bonds. The van der Waals surface area contributed by atoms with E-state index in [1.807, 2.05) is 4.74 Å². The number of halogens is 9. The Morgan fingerprint density at radius 2 is 1.27 bits per heavy atom. The second kappa shape index (κ2) is 3.91. The highest BCUT2D eigenvalue weighted by molar-refractivity contribution is 4.90. The van der Waals surface area contributed by atoms with E-state index < -0.39 is 30.6 Å². The van der Waals surface area contributed by atoms with Gasteiger partial charge in [-0.25, -0.2) is 4.74 Å². The van der Waals surface area contributed by atoms with Crippen LogP contribution in [0.4, 0.5) is 39.5 Å². The number of alkyl halides is 7. The van der Waals surface area contributed by atoms with Crippen LogP contribution in [0.15, 0.2) is 12.2 Å². The van der Waals surface area contributed by atoms with Gasteiger partial charge in [0, 0.05) is 0 Å². The van der Waals surface area contributed by atoms with Crippen molar-refractivity contribution in [1.29, 1.82) is 0 Å². The molecule has 0 radical (unpaired) electrons. The Balaban J connectivity index is 4.81. The summed E-state index contributed by atoms with van der Waals surface area (Å²) in [7, 11) is 0. The molecule has 0 aromatic rings. The fraction of sp³-hybridized carbons (Fsp3) is 0.600. The van der Waals surface area contributed by atoms with Crippen molar-refractivity contribution in [2.45, 2.75) is 18.4 Å². The van der Waals surface area contributed by atoms with Gasteiger partial charge in [0.15, 0.2) is 0 Å². The molecule has 0 aliphatic heterocycles. The van der Waals surface area contributed by atoms with Crippen LogP contribution >= 0.6 is 0 Å². The van der Waals surface area contributed by atoms with E-state index in [2.05, 4.69) is 0 Å². The van der Waals surface area contributed by atoms with E-state index in [0.29, 0.717) is 0 Å². The van der Waals surface area contributed by atoms with E-state index in [1.54, 1.807) is 0 Å². The first-order valence-electron chi connectivity index (χ1n) is 2.94. The smallest absolute Gasteiger partial charge is 0.244 e. The quantitative estimate of drug-likeness (QED) is 0.694. The Kier molecular flexibility index (Phi) is 3.67. The first kappa shape index (κ1) is 14.1. The summed E-state index contributed by atoms with van der Waals surface area (Å²) in [6, 6.07) is 0. The summed E-state index contributed by atoms with van der Waals surface area (Å²) in [5, 5.41) is 0. The van der Waals surface area contributed by atoms with E-state index in [0.717, 1.165) is 0 Å². The third-order valence-electron chi connectivity index (χ3n) is 0.871. The van der Waals surface area contributed by atoms with Crippen LogP contribution in [0.3, 0.4) is 0 Å². The molecule has 0 rings (SSSR count). The first-order valence-corrected chi connectivity index (χ1v) is 2.94. The van der Waals surface area contributed by atoms with Crippen molar-refractivity contribution in [1.82, 2.24) is 0 Å². The molecule has 1 nitrogen and oxygen atoms in total. The van der Waals surface area contributed by atoms with Gasteiger partial charge < -0.3 is 0 Å². The molecule has 0 aromatic carbocycles. The van der Waals surface area contributed by atoms with Crippen molar-refractivity contribution in [3.05, 3.63) is 12.2 Å². The SMILES string of the molecule is FC(F)=CC(F)(F)OC(F)(F)C(F)(F)F. The summed E-state index contributed by atoms with van der Waals surface area (Å²) in [4.78, 5) is 0. The van der Waals surface area contributed by atoms with Crippen LogP contribution in [0, 0.1) is 0 Å². The third kappa shape index (κ3) is 4.40. The number of ether oxygens (including phenoxy) is 1. The molecular weight excluding hydrogens is 247 g/mol. The second-order valence-electron chi connectivity index (χ2n) is 2.11. The van der Waals surface area contributed by atoms with Crippen molar-refractivity contribution in [3.8, 4) is 0 Å². The first-order chi connectivity index (χ1) is 6.37. The van der Waals surface area contributed by atoms with Gasteiger partial charge in [-0.15, -0.1) is 0 Å². The molecular formula is C5HF9O. The zero-order valence-electron chi connectivity index (χ0n) is 6.39. The fourth-order valence-electron chi connectivity index (χ4n) is 0.385. The Morgan fingerprint density at radius 1 is 0.867 bits per heavy atom. The minimum absolute atomic E-state index is 1.47. The predicted molar refractivity (Wildman–Crippen MR) is 27.3 cm³/mol. The van der Waals surface area contributed by atoms with Crippen LogP contribution in [0.2, 0.25) is 0 Å². The normalized spacial score (nSPS) is 13.9. The Bertz CT molecular complexity index is 248.